The smallest absolute Gasteiger partial charge is 0.267 e. The Morgan fingerprint density at radius 3 is 2.63 bits per heavy atom. The highest BCUT2D eigenvalue weighted by molar-refractivity contribution is 5.76. The molecule has 1 atom stereocenters. The minimum atomic E-state index is -0.326. The van der Waals surface area contributed by atoms with Crippen LogP contribution in [-0.4, -0.2) is 28.9 Å². The van der Waals surface area contributed by atoms with Crippen molar-refractivity contribution in [1.29, 1.82) is 0 Å². The Kier molecular flexibility index (Phi) is 5.79. The van der Waals surface area contributed by atoms with E-state index in [0.29, 0.717) is 30.4 Å². The van der Waals surface area contributed by atoms with Crippen LogP contribution in [0.15, 0.2) is 65.5 Å². The largest absolute Gasteiger partial charge is 0.490 e. The van der Waals surface area contributed by atoms with Gasteiger partial charge in [-0.3, -0.25) is 9.59 Å². The van der Waals surface area contributed by atoms with Gasteiger partial charge in [-0.1, -0.05) is 36.4 Å². The number of hydrogen-bond donors (Lipinski definition) is 1. The summed E-state index contributed by atoms with van der Waals surface area (Å²) in [7, 11) is 0. The topological polar surface area (TPSA) is 82.5 Å². The summed E-state index contributed by atoms with van der Waals surface area (Å²) in [5.74, 6) is 1.09. The van der Waals surface area contributed by atoms with Crippen LogP contribution in [0.1, 0.15) is 24.9 Å². The zero-order chi connectivity index (χ0) is 20.9. The van der Waals surface area contributed by atoms with Crippen molar-refractivity contribution >= 4 is 5.91 Å². The second-order valence-electron chi connectivity index (χ2n) is 7.13. The summed E-state index contributed by atoms with van der Waals surface area (Å²) >= 11 is 0. The summed E-state index contributed by atoms with van der Waals surface area (Å²) in [6, 6.07) is 18.0. The van der Waals surface area contributed by atoms with Gasteiger partial charge in [0.15, 0.2) is 11.5 Å². The van der Waals surface area contributed by atoms with E-state index >= 15 is 0 Å². The van der Waals surface area contributed by atoms with Crippen LogP contribution in [0.2, 0.25) is 0 Å². The lowest BCUT2D eigenvalue weighted by Crippen LogP contribution is -2.34. The van der Waals surface area contributed by atoms with E-state index < -0.39 is 0 Å². The Hall–Kier alpha value is -3.61. The number of ether oxygens (including phenoxy) is 2. The van der Waals surface area contributed by atoms with Crippen LogP contribution in [0.4, 0.5) is 0 Å². The maximum absolute atomic E-state index is 12.6. The fourth-order valence-electron chi connectivity index (χ4n) is 3.28. The van der Waals surface area contributed by atoms with Crippen LogP contribution in [0.3, 0.4) is 0 Å². The normalized spacial score (nSPS) is 13.9. The fourth-order valence-corrected chi connectivity index (χ4v) is 3.28. The zero-order valence-corrected chi connectivity index (χ0v) is 16.7. The molecule has 7 nitrogen and oxygen atoms in total. The molecule has 1 aliphatic rings. The average molecular weight is 405 g/mol. The molecule has 1 amide bonds. The zero-order valence-electron chi connectivity index (χ0n) is 16.7. The molecule has 7 heteroatoms. The molecule has 0 saturated carbocycles. The number of nitrogens with one attached hydrogen (secondary N) is 1. The Balaban J connectivity index is 1.46. The van der Waals surface area contributed by atoms with Crippen molar-refractivity contribution in [2.24, 2.45) is 0 Å². The molecule has 0 fully saturated rings. The van der Waals surface area contributed by atoms with Crippen molar-refractivity contribution in [3.05, 3.63) is 76.6 Å². The lowest BCUT2D eigenvalue weighted by molar-refractivity contribution is -0.122. The first kappa shape index (κ1) is 19.7. The molecule has 2 aromatic carbocycles. The predicted octanol–water partition coefficient (Wildman–Crippen LogP) is 2.95. The number of aromatic nitrogens is 2. The van der Waals surface area contributed by atoms with E-state index in [-0.39, 0.29) is 24.1 Å². The van der Waals surface area contributed by atoms with Gasteiger partial charge in [0.25, 0.3) is 5.56 Å². The second kappa shape index (κ2) is 8.82. The molecule has 1 aromatic heterocycles. The molecule has 0 saturated heterocycles. The third kappa shape index (κ3) is 4.51. The van der Waals surface area contributed by atoms with Gasteiger partial charge in [0.1, 0.15) is 6.54 Å². The second-order valence-corrected chi connectivity index (χ2v) is 7.13. The number of nitrogens with zero attached hydrogens (tertiary/aromatic N) is 2. The number of fused-ring (bicyclic) bond motifs is 1. The molecule has 1 aliphatic heterocycles. The highest BCUT2D eigenvalue weighted by Crippen LogP contribution is 2.32. The molecule has 0 spiro atoms. The Labute approximate surface area is 174 Å². The molecule has 0 bridgehead atoms. The van der Waals surface area contributed by atoms with Crippen molar-refractivity contribution in [3.63, 3.8) is 0 Å². The van der Waals surface area contributed by atoms with Crippen molar-refractivity contribution in [2.75, 3.05) is 13.2 Å². The van der Waals surface area contributed by atoms with Gasteiger partial charge in [-0.25, -0.2) is 4.68 Å². The first-order chi connectivity index (χ1) is 14.6. The Morgan fingerprint density at radius 2 is 1.83 bits per heavy atom. The van der Waals surface area contributed by atoms with Gasteiger partial charge < -0.3 is 14.8 Å². The highest BCUT2D eigenvalue weighted by atomic mass is 16.5. The van der Waals surface area contributed by atoms with E-state index in [2.05, 4.69) is 10.4 Å². The summed E-state index contributed by atoms with van der Waals surface area (Å²) in [5.41, 5.74) is 2.09. The maximum atomic E-state index is 12.6. The maximum Gasteiger partial charge on any atom is 0.267 e. The molecule has 3 aromatic rings. The van der Waals surface area contributed by atoms with E-state index in [1.165, 1.54) is 10.7 Å². The summed E-state index contributed by atoms with van der Waals surface area (Å²) < 4.78 is 12.5. The van der Waals surface area contributed by atoms with Gasteiger partial charge in [-0.05, 0) is 30.7 Å². The van der Waals surface area contributed by atoms with Crippen molar-refractivity contribution in [2.45, 2.75) is 25.9 Å². The van der Waals surface area contributed by atoms with E-state index in [1.54, 1.807) is 6.07 Å². The quantitative estimate of drug-likeness (QED) is 0.706. The third-order valence-corrected chi connectivity index (χ3v) is 4.88. The molecule has 1 unspecified atom stereocenters. The Bertz CT molecular complexity index is 1100. The molecule has 0 radical (unpaired) electrons. The molecule has 2 heterocycles. The minimum Gasteiger partial charge on any atom is -0.490 e. The lowest BCUT2D eigenvalue weighted by Gasteiger charge is -2.17. The monoisotopic (exact) mass is 405 g/mol. The number of hydrogen-bond acceptors (Lipinski definition) is 5. The molecule has 1 N–H and O–H groups in total. The predicted molar refractivity (Wildman–Crippen MR) is 113 cm³/mol. The summed E-state index contributed by atoms with van der Waals surface area (Å²) in [5, 5.41) is 7.26. The van der Waals surface area contributed by atoms with E-state index in [9.17, 15) is 9.59 Å². The van der Waals surface area contributed by atoms with Crippen LogP contribution in [-0.2, 0) is 11.3 Å². The van der Waals surface area contributed by atoms with Gasteiger partial charge in [0.05, 0.1) is 24.9 Å². The summed E-state index contributed by atoms with van der Waals surface area (Å²) in [6.07, 6.45) is 0.833. The number of rotatable bonds is 5. The SMILES string of the molecule is CC(NC(=O)Cn1nc(-c2ccccc2)ccc1=O)c1ccc2c(c1)OCCCO2. The van der Waals surface area contributed by atoms with E-state index in [0.717, 1.165) is 17.5 Å². The first-order valence-corrected chi connectivity index (χ1v) is 9.92. The van der Waals surface area contributed by atoms with Gasteiger partial charge in [-0.2, -0.15) is 5.10 Å². The molecular formula is C23H23N3O4. The molecule has 154 valence electrons. The minimum absolute atomic E-state index is 0.158. The van der Waals surface area contributed by atoms with Crippen LogP contribution < -0.4 is 20.3 Å². The van der Waals surface area contributed by atoms with Crippen molar-refractivity contribution in [1.82, 2.24) is 15.1 Å². The van der Waals surface area contributed by atoms with Gasteiger partial charge in [0.2, 0.25) is 5.91 Å². The van der Waals surface area contributed by atoms with Crippen LogP contribution in [0.25, 0.3) is 11.3 Å². The summed E-state index contributed by atoms with van der Waals surface area (Å²) in [4.78, 5) is 24.8. The van der Waals surface area contributed by atoms with Gasteiger partial charge in [0, 0.05) is 18.1 Å². The number of carbonyl (C=O) groups is 1. The number of carbonyl (C=O) groups excluding carboxylic acids is 1. The Morgan fingerprint density at radius 1 is 1.07 bits per heavy atom. The van der Waals surface area contributed by atoms with E-state index in [1.807, 2.05) is 55.5 Å². The third-order valence-electron chi connectivity index (χ3n) is 4.88. The molecule has 4 rings (SSSR count). The van der Waals surface area contributed by atoms with Crippen LogP contribution >= 0.6 is 0 Å². The summed E-state index contributed by atoms with van der Waals surface area (Å²) in [6.45, 7) is 2.95. The van der Waals surface area contributed by atoms with Gasteiger partial charge >= 0.3 is 0 Å². The van der Waals surface area contributed by atoms with Crippen LogP contribution in [0, 0.1) is 0 Å². The van der Waals surface area contributed by atoms with Crippen molar-refractivity contribution < 1.29 is 14.3 Å². The highest BCUT2D eigenvalue weighted by Gasteiger charge is 2.16. The first-order valence-electron chi connectivity index (χ1n) is 9.92. The fraction of sp³-hybridized carbons (Fsp3) is 0.261. The van der Waals surface area contributed by atoms with Crippen molar-refractivity contribution in [3.8, 4) is 22.8 Å². The molecular weight excluding hydrogens is 382 g/mol. The van der Waals surface area contributed by atoms with Crippen LogP contribution in [0.5, 0.6) is 11.5 Å². The number of amides is 1. The average Bonchev–Trinajstić information content (AvgIpc) is 3.00. The van der Waals surface area contributed by atoms with Gasteiger partial charge in [-0.15, -0.1) is 0 Å². The van der Waals surface area contributed by atoms with E-state index in [4.69, 9.17) is 9.47 Å². The standard InChI is InChI=1S/C23H23N3O4/c1-16(18-8-10-20-21(14-18)30-13-5-12-29-20)24-22(27)15-26-23(28)11-9-19(25-26)17-6-3-2-4-7-17/h2-4,6-11,14,16H,5,12-13,15H2,1H3,(H,24,27). The lowest BCUT2D eigenvalue weighted by atomic mass is 10.1. The molecule has 0 aliphatic carbocycles. The number of benzene rings is 2. The molecule has 30 heavy (non-hydrogen) atoms.